The fourth-order valence-electron chi connectivity index (χ4n) is 3.84. The average molecular weight is 461 g/mol. The lowest BCUT2D eigenvalue weighted by molar-refractivity contribution is 0.202. The van der Waals surface area contributed by atoms with Crippen molar-refractivity contribution in [3.8, 4) is 17.1 Å². The van der Waals surface area contributed by atoms with E-state index >= 15 is 0 Å². The number of ether oxygens (including phenoxy) is 1. The summed E-state index contributed by atoms with van der Waals surface area (Å²) in [5.41, 5.74) is 2.32. The predicted molar refractivity (Wildman–Crippen MR) is 133 cm³/mol. The Morgan fingerprint density at radius 1 is 0.758 bits per heavy atom. The fraction of sp³-hybridized carbons (Fsp3) is 0.643. The van der Waals surface area contributed by atoms with Gasteiger partial charge in [0.25, 0.3) is 0 Å². The van der Waals surface area contributed by atoms with Gasteiger partial charge in [-0.05, 0) is 37.7 Å². The van der Waals surface area contributed by atoms with Crippen LogP contribution < -0.4 is 4.74 Å². The highest BCUT2D eigenvalue weighted by Gasteiger charge is 2.11. The summed E-state index contributed by atoms with van der Waals surface area (Å²) in [6.45, 7) is 4.27. The van der Waals surface area contributed by atoms with Crippen LogP contribution in [0.1, 0.15) is 96.5 Å². The standard InChI is InChI=1S/C28H42F2N2O/c1-3-5-6-7-8-9-10-11-12-23-13-15-24(16-14-23)28-31-21-27(22-32-28)33-20-19-26(30)18-17-25(29)4-2/h13-16,21-22,25-26H,3-12,17-20H2,1-2H3. The van der Waals surface area contributed by atoms with E-state index in [0.29, 0.717) is 18.0 Å². The zero-order valence-electron chi connectivity index (χ0n) is 20.6. The van der Waals surface area contributed by atoms with Crippen LogP contribution in [0.4, 0.5) is 8.78 Å². The number of halogens is 2. The summed E-state index contributed by atoms with van der Waals surface area (Å²) in [6, 6.07) is 8.45. The van der Waals surface area contributed by atoms with Crippen LogP contribution >= 0.6 is 0 Å². The maximum absolute atomic E-state index is 13.8. The van der Waals surface area contributed by atoms with Gasteiger partial charge in [-0.2, -0.15) is 0 Å². The first kappa shape index (κ1) is 27.2. The third-order valence-electron chi connectivity index (χ3n) is 6.10. The van der Waals surface area contributed by atoms with Crippen molar-refractivity contribution in [1.82, 2.24) is 9.97 Å². The van der Waals surface area contributed by atoms with E-state index in [4.69, 9.17) is 4.74 Å². The molecule has 0 spiro atoms. The number of aromatic nitrogens is 2. The molecule has 2 aromatic rings. The van der Waals surface area contributed by atoms with Crippen LogP contribution in [0.2, 0.25) is 0 Å². The summed E-state index contributed by atoms with van der Waals surface area (Å²) in [5, 5.41) is 0. The molecule has 0 fully saturated rings. The van der Waals surface area contributed by atoms with E-state index < -0.39 is 12.3 Å². The van der Waals surface area contributed by atoms with Crippen molar-refractivity contribution in [3.05, 3.63) is 42.2 Å². The number of hydrogen-bond acceptors (Lipinski definition) is 3. The molecule has 33 heavy (non-hydrogen) atoms. The van der Waals surface area contributed by atoms with Gasteiger partial charge in [0.2, 0.25) is 0 Å². The van der Waals surface area contributed by atoms with Gasteiger partial charge in [-0.15, -0.1) is 0 Å². The van der Waals surface area contributed by atoms with Crippen molar-refractivity contribution < 1.29 is 13.5 Å². The molecule has 0 aliphatic rings. The Hall–Kier alpha value is -2.04. The van der Waals surface area contributed by atoms with Gasteiger partial charge in [0.1, 0.15) is 6.17 Å². The number of hydrogen-bond donors (Lipinski definition) is 0. The van der Waals surface area contributed by atoms with Gasteiger partial charge in [0, 0.05) is 12.0 Å². The minimum atomic E-state index is -1.04. The highest BCUT2D eigenvalue weighted by atomic mass is 19.1. The Bertz CT molecular complexity index is 737. The minimum absolute atomic E-state index is 0.236. The molecule has 5 heteroatoms. The molecule has 0 aliphatic carbocycles. The predicted octanol–water partition coefficient (Wildman–Crippen LogP) is 8.46. The number of rotatable bonds is 18. The molecule has 184 valence electrons. The summed E-state index contributed by atoms with van der Waals surface area (Å²) >= 11 is 0. The van der Waals surface area contributed by atoms with Crippen LogP contribution in [0, 0.1) is 0 Å². The molecule has 0 bridgehead atoms. The van der Waals surface area contributed by atoms with Crippen LogP contribution in [-0.4, -0.2) is 28.9 Å². The molecule has 0 N–H and O–H groups in total. The van der Waals surface area contributed by atoms with E-state index in [9.17, 15) is 8.78 Å². The van der Waals surface area contributed by atoms with Gasteiger partial charge in [-0.1, -0.05) is 83.1 Å². The molecule has 0 saturated carbocycles. The monoisotopic (exact) mass is 460 g/mol. The van der Waals surface area contributed by atoms with E-state index in [2.05, 4.69) is 41.2 Å². The first-order valence-corrected chi connectivity index (χ1v) is 12.9. The number of unbranched alkanes of at least 4 members (excludes halogenated alkanes) is 7. The minimum Gasteiger partial charge on any atom is -0.490 e. The van der Waals surface area contributed by atoms with E-state index in [0.717, 1.165) is 12.0 Å². The molecule has 0 radical (unpaired) electrons. The second-order valence-corrected chi connectivity index (χ2v) is 8.98. The number of benzene rings is 1. The van der Waals surface area contributed by atoms with Crippen LogP contribution in [0.3, 0.4) is 0 Å². The third kappa shape index (κ3) is 11.6. The van der Waals surface area contributed by atoms with E-state index in [1.165, 1.54) is 56.9 Å². The van der Waals surface area contributed by atoms with Gasteiger partial charge >= 0.3 is 0 Å². The van der Waals surface area contributed by atoms with Crippen LogP contribution in [0.15, 0.2) is 36.7 Å². The topological polar surface area (TPSA) is 35.0 Å². The molecule has 1 aromatic carbocycles. The molecule has 2 atom stereocenters. The zero-order valence-corrected chi connectivity index (χ0v) is 20.6. The molecule has 2 unspecified atom stereocenters. The van der Waals surface area contributed by atoms with Crippen LogP contribution in [0.5, 0.6) is 5.75 Å². The largest absolute Gasteiger partial charge is 0.490 e. The highest BCUT2D eigenvalue weighted by Crippen LogP contribution is 2.19. The van der Waals surface area contributed by atoms with E-state index in [1.54, 1.807) is 19.3 Å². The summed E-state index contributed by atoms with van der Waals surface area (Å²) in [7, 11) is 0. The van der Waals surface area contributed by atoms with Crippen molar-refractivity contribution in [2.75, 3.05) is 6.61 Å². The third-order valence-corrected chi connectivity index (χ3v) is 6.10. The lowest BCUT2D eigenvalue weighted by Crippen LogP contribution is -2.10. The average Bonchev–Trinajstić information content (AvgIpc) is 2.85. The van der Waals surface area contributed by atoms with Gasteiger partial charge in [0.15, 0.2) is 11.6 Å². The molecule has 0 saturated heterocycles. The maximum Gasteiger partial charge on any atom is 0.159 e. The van der Waals surface area contributed by atoms with E-state index in [1.807, 2.05) is 0 Å². The number of alkyl halides is 2. The number of nitrogens with zero attached hydrogens (tertiary/aromatic N) is 2. The lowest BCUT2D eigenvalue weighted by atomic mass is 10.0. The Balaban J connectivity index is 1.66. The molecular weight excluding hydrogens is 418 g/mol. The molecular formula is C28H42F2N2O. The Morgan fingerprint density at radius 3 is 2.00 bits per heavy atom. The fourth-order valence-corrected chi connectivity index (χ4v) is 3.84. The van der Waals surface area contributed by atoms with Crippen molar-refractivity contribution in [2.45, 2.75) is 110 Å². The summed E-state index contributed by atoms with van der Waals surface area (Å²) in [5.74, 6) is 1.17. The Morgan fingerprint density at radius 2 is 1.36 bits per heavy atom. The lowest BCUT2D eigenvalue weighted by Gasteiger charge is -2.11. The van der Waals surface area contributed by atoms with Gasteiger partial charge in [-0.3, -0.25) is 0 Å². The van der Waals surface area contributed by atoms with Crippen molar-refractivity contribution in [2.24, 2.45) is 0 Å². The van der Waals surface area contributed by atoms with Gasteiger partial charge < -0.3 is 4.74 Å². The normalized spacial score (nSPS) is 13.1. The molecule has 0 aliphatic heterocycles. The Kier molecular flexibility index (Phi) is 13.6. The highest BCUT2D eigenvalue weighted by molar-refractivity contribution is 5.55. The number of aryl methyl sites for hydroxylation is 1. The molecule has 0 amide bonds. The Labute approximate surface area is 199 Å². The first-order valence-electron chi connectivity index (χ1n) is 12.9. The molecule has 1 heterocycles. The molecule has 1 aromatic heterocycles. The SMILES string of the molecule is CCCCCCCCCCc1ccc(-c2ncc(OCCC(F)CCC(F)CC)cn2)cc1. The maximum atomic E-state index is 13.8. The second-order valence-electron chi connectivity index (χ2n) is 8.98. The summed E-state index contributed by atoms with van der Waals surface area (Å²) in [4.78, 5) is 8.77. The van der Waals surface area contributed by atoms with Crippen LogP contribution in [-0.2, 0) is 6.42 Å². The molecule has 2 rings (SSSR count). The second kappa shape index (κ2) is 16.6. The summed E-state index contributed by atoms with van der Waals surface area (Å²) < 4.78 is 32.6. The van der Waals surface area contributed by atoms with Gasteiger partial charge in [0.05, 0.1) is 25.2 Å². The van der Waals surface area contributed by atoms with Gasteiger partial charge in [-0.25, -0.2) is 18.7 Å². The van der Waals surface area contributed by atoms with Crippen molar-refractivity contribution >= 4 is 0 Å². The van der Waals surface area contributed by atoms with E-state index in [-0.39, 0.29) is 25.9 Å². The molecule has 3 nitrogen and oxygen atoms in total. The van der Waals surface area contributed by atoms with Crippen molar-refractivity contribution in [3.63, 3.8) is 0 Å². The smallest absolute Gasteiger partial charge is 0.159 e. The van der Waals surface area contributed by atoms with Crippen molar-refractivity contribution in [1.29, 1.82) is 0 Å². The quantitative estimate of drug-likeness (QED) is 0.209. The first-order chi connectivity index (χ1) is 16.1. The van der Waals surface area contributed by atoms with Crippen LogP contribution in [0.25, 0.3) is 11.4 Å². The zero-order chi connectivity index (χ0) is 23.7. The summed E-state index contributed by atoms with van der Waals surface area (Å²) in [6.07, 6.45) is 14.3.